The lowest BCUT2D eigenvalue weighted by molar-refractivity contribution is 0.141. The van der Waals surface area contributed by atoms with Gasteiger partial charge < -0.3 is 9.64 Å². The molecule has 0 fully saturated rings. The summed E-state index contributed by atoms with van der Waals surface area (Å²) in [5, 5.41) is 0. The van der Waals surface area contributed by atoms with E-state index in [0.717, 1.165) is 0 Å². The van der Waals surface area contributed by atoms with Gasteiger partial charge in [-0.2, -0.15) is 0 Å². The molecule has 7 heavy (non-hydrogen) atoms. The Hall–Kier alpha value is -0.730. The van der Waals surface area contributed by atoms with E-state index in [4.69, 9.17) is 0 Å². The largest absolute Gasteiger partial charge is 0.453 e. The van der Waals surface area contributed by atoms with Gasteiger partial charge in [0.2, 0.25) is 0 Å². The summed E-state index contributed by atoms with van der Waals surface area (Å²) >= 11 is 0. The van der Waals surface area contributed by atoms with Crippen LogP contribution in [0.5, 0.6) is 0 Å². The molecule has 0 aromatic heterocycles. The van der Waals surface area contributed by atoms with Crippen molar-refractivity contribution in [3.8, 4) is 0 Å². The molecule has 0 aliphatic rings. The van der Waals surface area contributed by atoms with E-state index in [0.29, 0.717) is 0 Å². The molecule has 0 saturated heterocycles. The summed E-state index contributed by atoms with van der Waals surface area (Å²) in [4.78, 5) is 11.6. The fourth-order valence-corrected chi connectivity index (χ4v) is 0.183. The average Bonchev–Trinajstić information content (AvgIpc) is 1.65. The molecule has 0 aliphatic heterocycles. The number of carbonyl (C=O) groups is 1. The number of methoxy groups -OCH3 is 1. The third kappa shape index (κ3) is 2.03. The summed E-state index contributed by atoms with van der Waals surface area (Å²) in [6.45, 7) is 0. The lowest BCUT2D eigenvalue weighted by Crippen LogP contribution is -2.20. The maximum atomic E-state index is 10.2. The third-order valence-electron chi connectivity index (χ3n) is 0.540. The van der Waals surface area contributed by atoms with Gasteiger partial charge in [-0.25, -0.2) is 4.79 Å². The Morgan fingerprint density at radius 3 is 2.00 bits per heavy atom. The summed E-state index contributed by atoms with van der Waals surface area (Å²) in [6, 6.07) is 0. The van der Waals surface area contributed by atoms with Crippen LogP contribution in [-0.4, -0.2) is 32.2 Å². The Morgan fingerprint density at radius 2 is 2.00 bits per heavy atom. The van der Waals surface area contributed by atoms with E-state index < -0.39 is 0 Å². The van der Waals surface area contributed by atoms with Gasteiger partial charge >= 0.3 is 6.09 Å². The van der Waals surface area contributed by atoms with Crippen molar-refractivity contribution in [3.63, 3.8) is 0 Å². The zero-order chi connectivity index (χ0) is 5.86. The van der Waals surface area contributed by atoms with Crippen LogP contribution in [0.2, 0.25) is 0 Å². The minimum atomic E-state index is -0.319. The van der Waals surface area contributed by atoms with E-state index >= 15 is 0 Å². The highest BCUT2D eigenvalue weighted by molar-refractivity contribution is 5.66. The zero-order valence-electron chi connectivity index (χ0n) is 4.76. The van der Waals surface area contributed by atoms with Crippen molar-refractivity contribution in [1.29, 1.82) is 0 Å². The smallest absolute Gasteiger partial charge is 0.408 e. The lowest BCUT2D eigenvalue weighted by atomic mass is 10.9. The van der Waals surface area contributed by atoms with Crippen LogP contribution in [0.25, 0.3) is 0 Å². The van der Waals surface area contributed by atoms with Crippen LogP contribution >= 0.6 is 0 Å². The fraction of sp³-hybridized carbons (Fsp3) is 0.750. The fourth-order valence-electron chi connectivity index (χ4n) is 0.183. The van der Waals surface area contributed by atoms with Gasteiger partial charge in [0, 0.05) is 14.1 Å². The van der Waals surface area contributed by atoms with E-state index in [1.165, 1.54) is 12.0 Å². The van der Waals surface area contributed by atoms with Crippen molar-refractivity contribution in [1.82, 2.24) is 4.90 Å². The lowest BCUT2D eigenvalue weighted by Gasteiger charge is -2.05. The minimum Gasteiger partial charge on any atom is -0.453 e. The molecule has 0 radical (unpaired) electrons. The maximum Gasteiger partial charge on any atom is 0.408 e. The summed E-state index contributed by atoms with van der Waals surface area (Å²) < 4.78 is 4.30. The highest BCUT2D eigenvalue weighted by Gasteiger charge is 1.97. The third-order valence-corrected chi connectivity index (χ3v) is 0.540. The van der Waals surface area contributed by atoms with E-state index in [1.54, 1.807) is 14.1 Å². The van der Waals surface area contributed by atoms with Crippen molar-refractivity contribution in [2.75, 3.05) is 21.2 Å². The molecule has 0 unspecified atom stereocenters. The molecule has 3 nitrogen and oxygen atoms in total. The first-order chi connectivity index (χ1) is 3.18. The van der Waals surface area contributed by atoms with Crippen molar-refractivity contribution in [3.05, 3.63) is 0 Å². The van der Waals surface area contributed by atoms with Gasteiger partial charge in [-0.3, -0.25) is 0 Å². The number of hydrogen-bond donors (Lipinski definition) is 0. The average molecular weight is 103 g/mol. The van der Waals surface area contributed by atoms with Crippen LogP contribution in [0.4, 0.5) is 4.79 Å². The Kier molecular flexibility index (Phi) is 2.19. The number of rotatable bonds is 0. The Bertz CT molecular complexity index is 70.1. The summed E-state index contributed by atoms with van der Waals surface area (Å²) in [5.74, 6) is 0. The Morgan fingerprint density at radius 1 is 1.57 bits per heavy atom. The highest BCUT2D eigenvalue weighted by atomic mass is 16.5. The van der Waals surface area contributed by atoms with Crippen molar-refractivity contribution >= 4 is 6.09 Å². The SMILES string of the molecule is COC(=O)N(C)C. The number of nitrogens with zero attached hydrogens (tertiary/aromatic N) is 1. The molecule has 3 heteroatoms. The minimum absolute atomic E-state index is 0.319. The molecule has 0 bridgehead atoms. The molecule has 42 valence electrons. The van der Waals surface area contributed by atoms with Crippen molar-refractivity contribution < 1.29 is 9.53 Å². The van der Waals surface area contributed by atoms with Gasteiger partial charge in [-0.05, 0) is 0 Å². The first-order valence-corrected chi connectivity index (χ1v) is 1.93. The topological polar surface area (TPSA) is 29.5 Å². The molecular weight excluding hydrogens is 94.0 g/mol. The van der Waals surface area contributed by atoms with Crippen LogP contribution in [0.1, 0.15) is 0 Å². The van der Waals surface area contributed by atoms with Crippen LogP contribution < -0.4 is 0 Å². The van der Waals surface area contributed by atoms with Crippen molar-refractivity contribution in [2.24, 2.45) is 0 Å². The number of ether oxygens (including phenoxy) is 1. The molecule has 0 heterocycles. The second-order valence-electron chi connectivity index (χ2n) is 1.36. The Labute approximate surface area is 42.9 Å². The number of carbonyl (C=O) groups excluding carboxylic acids is 1. The molecule has 0 spiro atoms. The van der Waals surface area contributed by atoms with Gasteiger partial charge in [-0.1, -0.05) is 0 Å². The standard InChI is InChI=1S/C4H9NO2/c1-5(2)4(6)7-3/h1-3H3. The number of amides is 1. The van der Waals surface area contributed by atoms with Gasteiger partial charge in [0.1, 0.15) is 0 Å². The second-order valence-corrected chi connectivity index (χ2v) is 1.36. The molecular formula is C4H9NO2. The van der Waals surface area contributed by atoms with Crippen molar-refractivity contribution in [2.45, 2.75) is 0 Å². The van der Waals surface area contributed by atoms with E-state index in [9.17, 15) is 4.79 Å². The second kappa shape index (κ2) is 2.44. The number of hydrogen-bond acceptors (Lipinski definition) is 2. The monoisotopic (exact) mass is 103 g/mol. The van der Waals surface area contributed by atoms with E-state index in [2.05, 4.69) is 4.74 Å². The first kappa shape index (κ1) is 6.27. The van der Waals surface area contributed by atoms with Gasteiger partial charge in [0.15, 0.2) is 0 Å². The maximum absolute atomic E-state index is 10.2. The summed E-state index contributed by atoms with van der Waals surface area (Å²) in [6.07, 6.45) is -0.319. The molecule has 0 N–H and O–H groups in total. The van der Waals surface area contributed by atoms with Gasteiger partial charge in [0.25, 0.3) is 0 Å². The predicted octanol–water partition coefficient (Wildman–Crippen LogP) is 0.314. The molecule has 0 aromatic carbocycles. The normalized spacial score (nSPS) is 7.86. The van der Waals surface area contributed by atoms with E-state index in [-0.39, 0.29) is 6.09 Å². The van der Waals surface area contributed by atoms with Gasteiger partial charge in [0.05, 0.1) is 7.11 Å². The highest BCUT2D eigenvalue weighted by Crippen LogP contribution is 1.78. The van der Waals surface area contributed by atoms with Crippen LogP contribution in [0, 0.1) is 0 Å². The summed E-state index contributed by atoms with van der Waals surface area (Å²) in [5.41, 5.74) is 0. The van der Waals surface area contributed by atoms with Crippen LogP contribution in [0.15, 0.2) is 0 Å². The molecule has 1 amide bonds. The Balaban J connectivity index is 3.35. The quantitative estimate of drug-likeness (QED) is 0.441. The molecule has 0 aliphatic carbocycles. The predicted molar refractivity (Wildman–Crippen MR) is 26.1 cm³/mol. The van der Waals surface area contributed by atoms with Crippen LogP contribution in [0.3, 0.4) is 0 Å². The molecule has 0 saturated carbocycles. The molecule has 0 atom stereocenters. The molecule has 0 aromatic rings. The van der Waals surface area contributed by atoms with Crippen LogP contribution in [-0.2, 0) is 4.74 Å². The summed E-state index contributed by atoms with van der Waals surface area (Å²) in [7, 11) is 4.61. The first-order valence-electron chi connectivity index (χ1n) is 1.93. The zero-order valence-corrected chi connectivity index (χ0v) is 4.76. The van der Waals surface area contributed by atoms with E-state index in [1.807, 2.05) is 0 Å². The molecule has 0 rings (SSSR count). The van der Waals surface area contributed by atoms with Gasteiger partial charge in [-0.15, -0.1) is 0 Å².